The molecule has 2 aliphatic heterocycles. The van der Waals surface area contributed by atoms with Crippen LogP contribution in [-0.4, -0.2) is 25.1 Å². The summed E-state index contributed by atoms with van der Waals surface area (Å²) in [6.45, 7) is 4.22. The van der Waals surface area contributed by atoms with E-state index in [1.807, 2.05) is 37.4 Å². The standard InChI is InChI=1S/C20H19ClO4S/c1-4-13-7-8-24-19(13)18(22)14-11-15(21)12(2)10-16(14)25-20(19,23-3)17-6-5-9-26-17/h5-7,9-11H,4,8H2,1-3H3/t19-,20+/m1/s1. The van der Waals surface area contributed by atoms with E-state index in [1.54, 1.807) is 19.2 Å². The lowest BCUT2D eigenvalue weighted by molar-refractivity contribution is -0.259. The normalized spacial score (nSPS) is 27.4. The second-order valence-electron chi connectivity index (χ2n) is 6.40. The number of ether oxygens (including phenoxy) is 3. The smallest absolute Gasteiger partial charge is 0.287 e. The average Bonchev–Trinajstić information content (AvgIpc) is 3.31. The highest BCUT2D eigenvalue weighted by Gasteiger charge is 2.68. The molecule has 1 spiro atoms. The van der Waals surface area contributed by atoms with Gasteiger partial charge in [-0.1, -0.05) is 30.7 Å². The molecule has 2 aliphatic rings. The third kappa shape index (κ3) is 2.12. The Morgan fingerprint density at radius 1 is 1.38 bits per heavy atom. The molecule has 136 valence electrons. The molecule has 2 aromatic rings. The molecule has 0 saturated carbocycles. The van der Waals surface area contributed by atoms with E-state index in [0.717, 1.165) is 16.0 Å². The summed E-state index contributed by atoms with van der Waals surface area (Å²) >= 11 is 7.76. The van der Waals surface area contributed by atoms with Gasteiger partial charge in [0.1, 0.15) is 5.75 Å². The van der Waals surface area contributed by atoms with Crippen LogP contribution in [0.3, 0.4) is 0 Å². The fourth-order valence-corrected chi connectivity index (χ4v) is 4.92. The van der Waals surface area contributed by atoms with E-state index in [4.69, 9.17) is 25.8 Å². The second kappa shape index (κ2) is 6.20. The van der Waals surface area contributed by atoms with Crippen molar-refractivity contribution < 1.29 is 19.0 Å². The molecule has 0 unspecified atom stereocenters. The van der Waals surface area contributed by atoms with Crippen molar-refractivity contribution in [3.8, 4) is 5.75 Å². The summed E-state index contributed by atoms with van der Waals surface area (Å²) in [6, 6.07) is 7.27. The van der Waals surface area contributed by atoms with Crippen molar-refractivity contribution in [3.63, 3.8) is 0 Å². The maximum Gasteiger partial charge on any atom is 0.287 e. The fourth-order valence-electron chi connectivity index (χ4n) is 3.87. The van der Waals surface area contributed by atoms with Crippen LogP contribution < -0.4 is 4.74 Å². The molecule has 3 heterocycles. The number of benzene rings is 1. The number of ketones is 1. The number of thiophene rings is 1. The minimum Gasteiger partial charge on any atom is -0.452 e. The van der Waals surface area contributed by atoms with Crippen LogP contribution in [0.1, 0.15) is 34.1 Å². The van der Waals surface area contributed by atoms with Crippen LogP contribution in [0.2, 0.25) is 5.02 Å². The number of carbonyl (C=O) groups is 1. The first-order valence-corrected chi connectivity index (χ1v) is 9.72. The predicted molar refractivity (Wildman–Crippen MR) is 101 cm³/mol. The minimum atomic E-state index is -1.37. The van der Waals surface area contributed by atoms with Gasteiger partial charge >= 0.3 is 0 Å². The van der Waals surface area contributed by atoms with E-state index in [9.17, 15) is 4.79 Å². The molecular weight excluding hydrogens is 372 g/mol. The van der Waals surface area contributed by atoms with Gasteiger partial charge in [0.25, 0.3) is 5.79 Å². The van der Waals surface area contributed by atoms with Gasteiger partial charge in [0.2, 0.25) is 11.4 Å². The molecule has 6 heteroatoms. The summed E-state index contributed by atoms with van der Waals surface area (Å²) in [5.74, 6) is -1.09. The Morgan fingerprint density at radius 3 is 2.85 bits per heavy atom. The quantitative estimate of drug-likeness (QED) is 0.700. The molecule has 0 amide bonds. The molecular formula is C20H19ClO4S. The van der Waals surface area contributed by atoms with Crippen LogP contribution >= 0.6 is 22.9 Å². The van der Waals surface area contributed by atoms with Crippen molar-refractivity contribution in [3.05, 3.63) is 62.3 Å². The van der Waals surface area contributed by atoms with Crippen molar-refractivity contribution in [2.45, 2.75) is 31.7 Å². The zero-order valence-electron chi connectivity index (χ0n) is 14.8. The molecule has 0 aliphatic carbocycles. The second-order valence-corrected chi connectivity index (χ2v) is 7.76. The lowest BCUT2D eigenvalue weighted by Crippen LogP contribution is -2.64. The molecule has 4 nitrogen and oxygen atoms in total. The summed E-state index contributed by atoms with van der Waals surface area (Å²) in [4.78, 5) is 14.5. The number of aryl methyl sites for hydroxylation is 1. The Bertz CT molecular complexity index is 905. The first-order valence-electron chi connectivity index (χ1n) is 8.46. The van der Waals surface area contributed by atoms with Crippen molar-refractivity contribution in [1.82, 2.24) is 0 Å². The van der Waals surface area contributed by atoms with Gasteiger partial charge in [-0.3, -0.25) is 4.79 Å². The molecule has 0 saturated heterocycles. The first-order chi connectivity index (χ1) is 12.5. The lowest BCUT2D eigenvalue weighted by Gasteiger charge is -2.48. The number of hydrogen-bond acceptors (Lipinski definition) is 5. The number of rotatable bonds is 3. The van der Waals surface area contributed by atoms with E-state index < -0.39 is 11.4 Å². The average molecular weight is 391 g/mol. The number of methoxy groups -OCH3 is 1. The van der Waals surface area contributed by atoms with E-state index in [0.29, 0.717) is 29.4 Å². The Kier molecular flexibility index (Phi) is 4.23. The maximum absolute atomic E-state index is 13.8. The molecule has 0 fully saturated rings. The molecule has 0 radical (unpaired) electrons. The Balaban J connectivity index is 2.04. The number of fused-ring (bicyclic) bond motifs is 1. The molecule has 2 atom stereocenters. The Hall–Kier alpha value is -1.66. The maximum atomic E-state index is 13.8. The first kappa shape index (κ1) is 17.7. The van der Waals surface area contributed by atoms with Crippen LogP contribution in [0.15, 0.2) is 41.3 Å². The molecule has 26 heavy (non-hydrogen) atoms. The number of carbonyl (C=O) groups excluding carboxylic acids is 1. The summed E-state index contributed by atoms with van der Waals surface area (Å²) in [5.41, 5.74) is 0.766. The van der Waals surface area contributed by atoms with Crippen LogP contribution in [-0.2, 0) is 15.3 Å². The monoisotopic (exact) mass is 390 g/mol. The van der Waals surface area contributed by atoms with Gasteiger partial charge in [-0.2, -0.15) is 0 Å². The highest BCUT2D eigenvalue weighted by molar-refractivity contribution is 7.10. The number of halogens is 1. The van der Waals surface area contributed by atoms with Crippen LogP contribution in [0.25, 0.3) is 0 Å². The summed E-state index contributed by atoms with van der Waals surface area (Å²) in [5, 5.41) is 2.46. The zero-order valence-corrected chi connectivity index (χ0v) is 16.4. The van der Waals surface area contributed by atoms with Gasteiger partial charge < -0.3 is 14.2 Å². The largest absolute Gasteiger partial charge is 0.452 e. The molecule has 1 aromatic carbocycles. The van der Waals surface area contributed by atoms with E-state index in [1.165, 1.54) is 11.3 Å². The van der Waals surface area contributed by atoms with Crippen LogP contribution in [0.5, 0.6) is 5.75 Å². The van der Waals surface area contributed by atoms with E-state index in [2.05, 4.69) is 0 Å². The Labute approximate surface area is 161 Å². The molecule has 4 rings (SSSR count). The van der Waals surface area contributed by atoms with Crippen LogP contribution in [0.4, 0.5) is 0 Å². The minimum absolute atomic E-state index is 0.179. The molecule has 0 bridgehead atoms. The highest BCUT2D eigenvalue weighted by atomic mass is 35.5. The van der Waals surface area contributed by atoms with E-state index in [-0.39, 0.29) is 5.78 Å². The molecule has 0 N–H and O–H groups in total. The van der Waals surface area contributed by atoms with Crippen molar-refractivity contribution >= 4 is 28.7 Å². The SMILES string of the molecule is CCC1=CCO[C@@]12C(=O)c1cc(Cl)c(C)cc1O[C@@]2(OC)c1cccs1. The molecule has 1 aromatic heterocycles. The third-order valence-corrected chi connectivity index (χ3v) is 6.50. The van der Waals surface area contributed by atoms with Crippen molar-refractivity contribution in [1.29, 1.82) is 0 Å². The summed E-state index contributed by atoms with van der Waals surface area (Å²) in [7, 11) is 1.55. The van der Waals surface area contributed by atoms with Gasteiger partial charge in [-0.05, 0) is 48.1 Å². The highest BCUT2D eigenvalue weighted by Crippen LogP contribution is 2.55. The fraction of sp³-hybridized carbons (Fsp3) is 0.350. The van der Waals surface area contributed by atoms with E-state index >= 15 is 0 Å². The van der Waals surface area contributed by atoms with Gasteiger partial charge in [-0.25, -0.2) is 0 Å². The number of hydrogen-bond donors (Lipinski definition) is 0. The topological polar surface area (TPSA) is 44.8 Å². The number of Topliss-reactive ketones (excluding diaryl/α,β-unsaturated/α-hetero) is 1. The van der Waals surface area contributed by atoms with Gasteiger partial charge in [-0.15, -0.1) is 11.3 Å². The van der Waals surface area contributed by atoms with Gasteiger partial charge in [0.05, 0.1) is 17.0 Å². The summed E-state index contributed by atoms with van der Waals surface area (Å²) < 4.78 is 18.5. The van der Waals surface area contributed by atoms with Crippen molar-refractivity contribution in [2.24, 2.45) is 0 Å². The zero-order chi connectivity index (χ0) is 18.5. The van der Waals surface area contributed by atoms with Crippen LogP contribution in [0, 0.1) is 6.92 Å². The Morgan fingerprint density at radius 2 is 2.19 bits per heavy atom. The van der Waals surface area contributed by atoms with Gasteiger partial charge in [0.15, 0.2) is 0 Å². The lowest BCUT2D eigenvalue weighted by atomic mass is 9.75. The predicted octanol–water partition coefficient (Wildman–Crippen LogP) is 4.89. The van der Waals surface area contributed by atoms with Crippen molar-refractivity contribution in [2.75, 3.05) is 13.7 Å². The third-order valence-electron chi connectivity index (χ3n) is 5.14. The van der Waals surface area contributed by atoms with Gasteiger partial charge in [0, 0.05) is 12.1 Å². The summed E-state index contributed by atoms with van der Waals surface area (Å²) in [6.07, 6.45) is 2.60.